The van der Waals surface area contributed by atoms with E-state index in [2.05, 4.69) is 15.7 Å². The third kappa shape index (κ3) is 10.2. The minimum atomic E-state index is -1.04. The Morgan fingerprint density at radius 2 is 1.76 bits per heavy atom. The van der Waals surface area contributed by atoms with Crippen molar-refractivity contribution in [3.05, 3.63) is 75.9 Å². The number of allylic oxidation sites excluding steroid dienone is 4. The van der Waals surface area contributed by atoms with E-state index in [1.807, 2.05) is 27.7 Å². The van der Waals surface area contributed by atoms with Crippen molar-refractivity contribution < 1.29 is 43.3 Å². The SMILES string of the molecule is CO[C@@H]1/C=C\C=C(\C)C(=O)NC2=CC(=O)C(NC(=O)c3cc(C)nn3C(C)(C)C)=C(C[C@@H](C)C[C@@H](OC)[C@@H](O)[C@@H](C)/C=C(/C)[C@H]1OC(N)=O)C2=O. The van der Waals surface area contributed by atoms with Gasteiger partial charge in [-0.05, 0) is 71.9 Å². The second-order valence-electron chi connectivity index (χ2n) is 14.1. The first-order valence-electron chi connectivity index (χ1n) is 16.8. The Morgan fingerprint density at radius 1 is 1.10 bits per heavy atom. The molecule has 6 atom stereocenters. The number of hydrogen-bond acceptors (Lipinski definition) is 10. The third-order valence-corrected chi connectivity index (χ3v) is 8.73. The first-order valence-corrected chi connectivity index (χ1v) is 16.8. The molecule has 2 aliphatic rings. The lowest BCUT2D eigenvalue weighted by Gasteiger charge is -2.30. The molecule has 3 rings (SSSR count). The lowest BCUT2D eigenvalue weighted by molar-refractivity contribution is -0.120. The number of rotatable bonds is 5. The molecule has 0 aromatic carbocycles. The maximum Gasteiger partial charge on any atom is 0.405 e. The summed E-state index contributed by atoms with van der Waals surface area (Å²) in [6.07, 6.45) is 2.95. The van der Waals surface area contributed by atoms with Gasteiger partial charge in [-0.2, -0.15) is 5.10 Å². The Morgan fingerprint density at radius 3 is 2.35 bits per heavy atom. The molecule has 0 radical (unpaired) electrons. The zero-order valence-corrected chi connectivity index (χ0v) is 31.0. The van der Waals surface area contributed by atoms with Crippen molar-refractivity contribution in [1.82, 2.24) is 20.4 Å². The van der Waals surface area contributed by atoms with Crippen LogP contribution in [0.25, 0.3) is 0 Å². The number of nitrogens with one attached hydrogen (secondary N) is 2. The molecule has 5 N–H and O–H groups in total. The number of aromatic nitrogens is 2. The number of aliphatic hydroxyl groups is 1. The van der Waals surface area contributed by atoms with Crippen LogP contribution in [0.5, 0.6) is 0 Å². The predicted octanol–water partition coefficient (Wildman–Crippen LogP) is 3.45. The summed E-state index contributed by atoms with van der Waals surface area (Å²) < 4.78 is 18.2. The molecule has 14 heteroatoms. The summed E-state index contributed by atoms with van der Waals surface area (Å²) in [4.78, 5) is 66.4. The van der Waals surface area contributed by atoms with Crippen molar-refractivity contribution >= 4 is 29.5 Å². The number of nitrogens with zero attached hydrogens (tertiary/aromatic N) is 2. The number of carbonyl (C=O) groups excluding carboxylic acids is 5. The lowest BCUT2D eigenvalue weighted by Crippen LogP contribution is -2.39. The summed E-state index contributed by atoms with van der Waals surface area (Å²) in [5, 5.41) is 21.1. The number of aliphatic hydroxyl groups excluding tert-OH is 1. The number of fused-ring (bicyclic) bond motifs is 2. The highest BCUT2D eigenvalue weighted by Crippen LogP contribution is 2.29. The molecule has 0 saturated heterocycles. The van der Waals surface area contributed by atoms with Gasteiger partial charge in [-0.25, -0.2) is 4.79 Å². The largest absolute Gasteiger partial charge is 0.439 e. The van der Waals surface area contributed by atoms with E-state index in [0.717, 1.165) is 6.08 Å². The fourth-order valence-electron chi connectivity index (χ4n) is 6.07. The van der Waals surface area contributed by atoms with E-state index in [1.54, 1.807) is 43.7 Å². The van der Waals surface area contributed by atoms with E-state index in [-0.39, 0.29) is 47.0 Å². The van der Waals surface area contributed by atoms with E-state index in [4.69, 9.17) is 19.9 Å². The van der Waals surface area contributed by atoms with Gasteiger partial charge in [0.1, 0.15) is 11.8 Å². The smallest absolute Gasteiger partial charge is 0.405 e. The predicted molar refractivity (Wildman–Crippen MR) is 189 cm³/mol. The summed E-state index contributed by atoms with van der Waals surface area (Å²) >= 11 is 0. The Kier molecular flexibility index (Phi) is 13.6. The van der Waals surface area contributed by atoms with Crippen molar-refractivity contribution in [3.63, 3.8) is 0 Å². The molecule has 1 aromatic rings. The van der Waals surface area contributed by atoms with Crippen molar-refractivity contribution in [2.24, 2.45) is 17.6 Å². The number of Topliss-reactive ketones (excluding diaryl/α,β-unsaturated/α-hetero) is 1. The van der Waals surface area contributed by atoms with Gasteiger partial charge < -0.3 is 35.7 Å². The topological polar surface area (TPSA) is 201 Å². The van der Waals surface area contributed by atoms with Crippen LogP contribution in [0.2, 0.25) is 0 Å². The third-order valence-electron chi connectivity index (χ3n) is 8.73. The van der Waals surface area contributed by atoms with Crippen LogP contribution in [0.1, 0.15) is 77.5 Å². The van der Waals surface area contributed by atoms with Gasteiger partial charge in [0.05, 0.1) is 34.8 Å². The monoisotopic (exact) mass is 709 g/mol. The van der Waals surface area contributed by atoms with Crippen LogP contribution in [0.15, 0.2) is 64.6 Å². The quantitative estimate of drug-likeness (QED) is 0.259. The highest BCUT2D eigenvalue weighted by atomic mass is 16.6. The number of methoxy groups -OCH3 is 2. The zero-order chi connectivity index (χ0) is 38.4. The molecular weight excluding hydrogens is 658 g/mol. The van der Waals surface area contributed by atoms with Crippen molar-refractivity contribution in [2.75, 3.05) is 14.2 Å². The van der Waals surface area contributed by atoms with Crippen LogP contribution in [-0.4, -0.2) is 83.0 Å². The second kappa shape index (κ2) is 17.0. The molecule has 0 fully saturated rings. The first kappa shape index (κ1) is 40.8. The molecule has 1 aromatic heterocycles. The summed E-state index contributed by atoms with van der Waals surface area (Å²) in [5.41, 5.74) is 5.89. The molecule has 2 bridgehead atoms. The van der Waals surface area contributed by atoms with Gasteiger partial charge in [-0.1, -0.05) is 38.2 Å². The van der Waals surface area contributed by atoms with Crippen LogP contribution in [0, 0.1) is 18.8 Å². The molecule has 1 aliphatic heterocycles. The van der Waals surface area contributed by atoms with Crippen molar-refractivity contribution in [3.8, 4) is 0 Å². The van der Waals surface area contributed by atoms with E-state index >= 15 is 0 Å². The van der Waals surface area contributed by atoms with E-state index in [0.29, 0.717) is 11.3 Å². The summed E-state index contributed by atoms with van der Waals surface area (Å²) in [6, 6.07) is 1.60. The molecular formula is C37H51N5O9. The van der Waals surface area contributed by atoms with Gasteiger partial charge >= 0.3 is 6.09 Å². The molecule has 0 spiro atoms. The van der Waals surface area contributed by atoms with Crippen LogP contribution in [-0.2, 0) is 34.1 Å². The number of amides is 3. The average molecular weight is 710 g/mol. The van der Waals surface area contributed by atoms with Gasteiger partial charge in [0, 0.05) is 37.4 Å². The fourth-order valence-corrected chi connectivity index (χ4v) is 6.07. The maximum absolute atomic E-state index is 14.0. The molecule has 51 heavy (non-hydrogen) atoms. The Hall–Kier alpha value is -4.66. The number of ketones is 2. The molecule has 0 saturated carbocycles. The van der Waals surface area contributed by atoms with E-state index < -0.39 is 65.3 Å². The normalized spacial score (nSPS) is 28.5. The number of primary amides is 1. The Balaban J connectivity index is 2.12. The molecule has 3 amide bonds. The number of ether oxygens (including phenoxy) is 3. The Bertz CT molecular complexity index is 1690. The minimum absolute atomic E-state index is 0.000786. The molecule has 0 unspecified atom stereocenters. The molecule has 14 nitrogen and oxygen atoms in total. The zero-order valence-electron chi connectivity index (χ0n) is 31.0. The standard InChI is InChI=1S/C37H51N5O9/c1-19-14-24-30(40-35(47)26-17-23(5)41-42(26)37(6,7)8)27(43)18-25(32(24)45)39-34(46)20(2)12-11-13-28(49-9)33(51-36(38)48)22(4)16-21(3)31(44)29(15-19)50-10/h11-13,16-19,21,28-29,31,33,44H,14-15H2,1-10H3,(H2,38,48)(H,39,46)(H,40,47)/b13-11-,20-12-,22-16-/t19-,21+,28-,29-,31+,33-/m1/s1. The number of hydrogen-bond donors (Lipinski definition) is 4. The Labute approximate surface area is 298 Å². The van der Waals surface area contributed by atoms with Gasteiger partial charge in [0.2, 0.25) is 11.6 Å². The molecule has 278 valence electrons. The minimum Gasteiger partial charge on any atom is -0.439 e. The van der Waals surface area contributed by atoms with Crippen LogP contribution >= 0.6 is 0 Å². The van der Waals surface area contributed by atoms with E-state index in [1.165, 1.54) is 33.3 Å². The van der Waals surface area contributed by atoms with Crippen LogP contribution in [0.4, 0.5) is 4.79 Å². The first-order chi connectivity index (χ1) is 23.8. The van der Waals surface area contributed by atoms with E-state index in [9.17, 15) is 29.1 Å². The highest BCUT2D eigenvalue weighted by Gasteiger charge is 2.35. The van der Waals surface area contributed by atoms with Gasteiger partial charge in [-0.15, -0.1) is 0 Å². The summed E-state index contributed by atoms with van der Waals surface area (Å²) in [6.45, 7) is 14.2. The number of nitrogens with two attached hydrogens (primary N) is 1. The fraction of sp³-hybridized carbons (Fsp3) is 0.514. The number of aryl methyl sites for hydroxylation is 1. The van der Waals surface area contributed by atoms with Crippen molar-refractivity contribution in [1.29, 1.82) is 0 Å². The highest BCUT2D eigenvalue weighted by molar-refractivity contribution is 6.24. The molecule has 1 aliphatic carbocycles. The summed E-state index contributed by atoms with van der Waals surface area (Å²) in [5.74, 6) is -3.47. The lowest BCUT2D eigenvalue weighted by atomic mass is 9.85. The van der Waals surface area contributed by atoms with Crippen LogP contribution in [0.3, 0.4) is 0 Å². The number of carbonyl (C=O) groups is 5. The van der Waals surface area contributed by atoms with Crippen LogP contribution < -0.4 is 16.4 Å². The average Bonchev–Trinajstić information content (AvgIpc) is 3.46. The maximum atomic E-state index is 14.0. The summed E-state index contributed by atoms with van der Waals surface area (Å²) in [7, 11) is 2.87. The molecule has 2 heterocycles. The van der Waals surface area contributed by atoms with Crippen molar-refractivity contribution in [2.45, 2.75) is 98.2 Å². The van der Waals surface area contributed by atoms with Gasteiger partial charge in [0.15, 0.2) is 6.10 Å². The van der Waals surface area contributed by atoms with Gasteiger partial charge in [0.25, 0.3) is 11.8 Å². The van der Waals surface area contributed by atoms with Gasteiger partial charge in [-0.3, -0.25) is 23.9 Å². The second-order valence-corrected chi connectivity index (χ2v) is 14.1.